The molecule has 0 bridgehead atoms. The Hall–Kier alpha value is -1.05. The highest BCUT2D eigenvalue weighted by Gasteiger charge is 2.34. The zero-order valence-electron chi connectivity index (χ0n) is 15.4. The molecule has 6 heteroatoms. The molecule has 0 amide bonds. The molecule has 1 aromatic heterocycles. The third kappa shape index (κ3) is 6.01. The first-order valence-corrected chi connectivity index (χ1v) is 9.25. The van der Waals surface area contributed by atoms with Crippen molar-refractivity contribution in [3.63, 3.8) is 0 Å². The summed E-state index contributed by atoms with van der Waals surface area (Å²) >= 11 is 0. The Morgan fingerprint density at radius 1 is 1.32 bits per heavy atom. The predicted octanol–water partition coefficient (Wildman–Crippen LogP) is 3.73. The molecule has 0 unspecified atom stereocenters. The largest absolute Gasteiger partial charge is 0.477 e. The number of guanidine groups is 1. The van der Waals surface area contributed by atoms with Crippen molar-refractivity contribution in [2.45, 2.75) is 52.0 Å². The second-order valence-corrected chi connectivity index (χ2v) is 7.25. The first kappa shape index (κ1) is 20.3. The molecule has 1 heterocycles. The van der Waals surface area contributed by atoms with Crippen molar-refractivity contribution in [1.82, 2.24) is 15.6 Å². The molecule has 2 aliphatic carbocycles. The molecule has 1 aromatic rings. The van der Waals surface area contributed by atoms with E-state index in [2.05, 4.69) is 33.6 Å². The third-order valence-electron chi connectivity index (χ3n) is 5.44. The van der Waals surface area contributed by atoms with Crippen molar-refractivity contribution in [2.24, 2.45) is 16.3 Å². The Balaban J connectivity index is 0.00000225. The fourth-order valence-electron chi connectivity index (χ4n) is 3.10. The van der Waals surface area contributed by atoms with E-state index in [1.54, 1.807) is 0 Å². The lowest BCUT2D eigenvalue weighted by molar-refractivity contribution is 0.131. The zero-order valence-corrected chi connectivity index (χ0v) is 17.7. The molecule has 5 nitrogen and oxygen atoms in total. The number of halogens is 1. The maximum absolute atomic E-state index is 5.67. The molecule has 0 spiro atoms. The lowest BCUT2D eigenvalue weighted by Crippen LogP contribution is -2.46. The number of aromatic nitrogens is 1. The summed E-state index contributed by atoms with van der Waals surface area (Å²) in [7, 11) is 1.82. The van der Waals surface area contributed by atoms with Gasteiger partial charge < -0.3 is 15.4 Å². The predicted molar refractivity (Wildman–Crippen MR) is 113 cm³/mol. The molecule has 0 aliphatic heterocycles. The van der Waals surface area contributed by atoms with Crippen LogP contribution in [0.25, 0.3) is 0 Å². The number of aliphatic imine (C=N–C) groups is 1. The highest BCUT2D eigenvalue weighted by molar-refractivity contribution is 14.0. The summed E-state index contributed by atoms with van der Waals surface area (Å²) in [5.41, 5.74) is 1.62. The van der Waals surface area contributed by atoms with Crippen LogP contribution in [0.5, 0.6) is 5.88 Å². The molecule has 0 saturated heterocycles. The summed E-state index contributed by atoms with van der Waals surface area (Å²) in [4.78, 5) is 8.70. The van der Waals surface area contributed by atoms with Crippen LogP contribution in [0.15, 0.2) is 23.3 Å². The van der Waals surface area contributed by atoms with Gasteiger partial charge in [-0.1, -0.05) is 19.4 Å². The number of ether oxygens (including phenoxy) is 1. The minimum atomic E-state index is 0. The fourth-order valence-corrected chi connectivity index (χ4v) is 3.10. The smallest absolute Gasteiger partial charge is 0.213 e. The van der Waals surface area contributed by atoms with Crippen LogP contribution < -0.4 is 15.4 Å². The Labute approximate surface area is 168 Å². The number of nitrogens with zero attached hydrogens (tertiary/aromatic N) is 2. The average molecular weight is 458 g/mol. The Morgan fingerprint density at radius 3 is 2.64 bits per heavy atom. The van der Waals surface area contributed by atoms with Crippen LogP contribution >= 0.6 is 24.0 Å². The quantitative estimate of drug-likeness (QED) is 0.354. The van der Waals surface area contributed by atoms with Gasteiger partial charge in [-0.05, 0) is 49.0 Å². The number of hydrogen-bond acceptors (Lipinski definition) is 3. The van der Waals surface area contributed by atoms with Crippen molar-refractivity contribution >= 4 is 29.9 Å². The normalized spacial score (nSPS) is 18.7. The molecule has 0 aromatic carbocycles. The van der Waals surface area contributed by atoms with E-state index >= 15 is 0 Å². The van der Waals surface area contributed by atoms with Crippen molar-refractivity contribution in [3.05, 3.63) is 23.9 Å². The Morgan fingerprint density at radius 2 is 2.12 bits per heavy atom. The van der Waals surface area contributed by atoms with Gasteiger partial charge in [0, 0.05) is 32.4 Å². The maximum Gasteiger partial charge on any atom is 0.213 e. The summed E-state index contributed by atoms with van der Waals surface area (Å²) in [6, 6.07) is 4.02. The number of hydrogen-bond donors (Lipinski definition) is 2. The van der Waals surface area contributed by atoms with E-state index in [1.165, 1.54) is 38.5 Å². The van der Waals surface area contributed by atoms with Crippen LogP contribution in [0.2, 0.25) is 0 Å². The highest BCUT2D eigenvalue weighted by atomic mass is 127. The zero-order chi connectivity index (χ0) is 16.8. The highest BCUT2D eigenvalue weighted by Crippen LogP contribution is 2.42. The Bertz CT molecular complexity index is 548. The van der Waals surface area contributed by atoms with E-state index in [-0.39, 0.29) is 24.0 Å². The fraction of sp³-hybridized carbons (Fsp3) is 0.684. The lowest BCUT2D eigenvalue weighted by atomic mass is 9.67. The molecule has 2 saturated carbocycles. The number of pyridine rings is 1. The van der Waals surface area contributed by atoms with Gasteiger partial charge in [0.05, 0.1) is 6.61 Å². The van der Waals surface area contributed by atoms with Gasteiger partial charge in [0.25, 0.3) is 0 Å². The van der Waals surface area contributed by atoms with Gasteiger partial charge in [0.2, 0.25) is 5.88 Å². The van der Waals surface area contributed by atoms with E-state index in [4.69, 9.17) is 4.74 Å². The van der Waals surface area contributed by atoms with Crippen molar-refractivity contribution in [2.75, 3.05) is 20.2 Å². The molecular formula is C19H31IN4O. The van der Waals surface area contributed by atoms with Crippen molar-refractivity contribution < 1.29 is 4.74 Å². The maximum atomic E-state index is 5.67. The van der Waals surface area contributed by atoms with Crippen molar-refractivity contribution in [1.29, 1.82) is 0 Å². The SMILES string of the molecule is CCC1(CNC(=NC)NCc2ccc(OCC3CC3)nc2)CCC1.I. The molecule has 0 atom stereocenters. The van der Waals surface area contributed by atoms with Crippen LogP contribution in [0.1, 0.15) is 51.0 Å². The van der Waals surface area contributed by atoms with Gasteiger partial charge in [-0.25, -0.2) is 4.98 Å². The molecule has 25 heavy (non-hydrogen) atoms. The summed E-state index contributed by atoms with van der Waals surface area (Å²) in [5.74, 6) is 2.34. The molecule has 3 rings (SSSR count). The van der Waals surface area contributed by atoms with Gasteiger partial charge in [0.1, 0.15) is 0 Å². The number of nitrogens with one attached hydrogen (secondary N) is 2. The summed E-state index contributed by atoms with van der Waals surface area (Å²) in [5, 5.41) is 6.85. The second kappa shape index (κ2) is 9.59. The van der Waals surface area contributed by atoms with E-state index in [1.807, 2.05) is 19.3 Å². The average Bonchev–Trinajstić information content (AvgIpc) is 3.40. The van der Waals surface area contributed by atoms with Gasteiger partial charge in [-0.2, -0.15) is 0 Å². The van der Waals surface area contributed by atoms with E-state index in [0.29, 0.717) is 12.0 Å². The first-order valence-electron chi connectivity index (χ1n) is 9.25. The first-order chi connectivity index (χ1) is 11.7. The molecule has 0 radical (unpaired) electrons. The third-order valence-corrected chi connectivity index (χ3v) is 5.44. The second-order valence-electron chi connectivity index (χ2n) is 7.25. The number of rotatable bonds is 8. The standard InChI is InChI=1S/C19H30N4O.HI/c1-3-19(9-4-10-19)14-23-18(20-2)22-12-16-7-8-17(21-11-16)24-13-15-5-6-15;/h7-8,11,15H,3-6,9-10,12-14H2,1-2H3,(H2,20,22,23);1H. The van der Waals surface area contributed by atoms with Gasteiger partial charge in [-0.15, -0.1) is 24.0 Å². The van der Waals surface area contributed by atoms with Crippen molar-refractivity contribution in [3.8, 4) is 5.88 Å². The summed E-state index contributed by atoms with van der Waals surface area (Å²) in [6.45, 7) is 4.82. The van der Waals surface area contributed by atoms with Crippen LogP contribution in [-0.2, 0) is 6.54 Å². The molecule has 2 N–H and O–H groups in total. The minimum Gasteiger partial charge on any atom is -0.477 e. The van der Waals surface area contributed by atoms with Crippen LogP contribution in [0, 0.1) is 11.3 Å². The van der Waals surface area contributed by atoms with Crippen LogP contribution in [-0.4, -0.2) is 31.1 Å². The molecular weight excluding hydrogens is 427 g/mol. The molecule has 2 fully saturated rings. The van der Waals surface area contributed by atoms with E-state index < -0.39 is 0 Å². The summed E-state index contributed by atoms with van der Waals surface area (Å²) < 4.78 is 5.67. The van der Waals surface area contributed by atoms with Gasteiger partial charge >= 0.3 is 0 Å². The summed E-state index contributed by atoms with van der Waals surface area (Å²) in [6.07, 6.45) is 9.74. The van der Waals surface area contributed by atoms with Gasteiger partial charge in [-0.3, -0.25) is 4.99 Å². The molecule has 2 aliphatic rings. The van der Waals surface area contributed by atoms with E-state index in [0.717, 1.165) is 36.5 Å². The minimum absolute atomic E-state index is 0. The monoisotopic (exact) mass is 458 g/mol. The Kier molecular flexibility index (Phi) is 7.78. The van der Waals surface area contributed by atoms with E-state index in [9.17, 15) is 0 Å². The van der Waals surface area contributed by atoms with Crippen LogP contribution in [0.4, 0.5) is 0 Å². The molecule has 140 valence electrons. The topological polar surface area (TPSA) is 58.5 Å². The van der Waals surface area contributed by atoms with Crippen LogP contribution in [0.3, 0.4) is 0 Å². The lowest BCUT2D eigenvalue weighted by Gasteiger charge is -2.41. The van der Waals surface area contributed by atoms with Gasteiger partial charge in [0.15, 0.2) is 5.96 Å².